The average molecular weight is 246 g/mol. The summed E-state index contributed by atoms with van der Waals surface area (Å²) in [6.45, 7) is 5.92. The van der Waals surface area contributed by atoms with Crippen LogP contribution >= 0.6 is 0 Å². The minimum Gasteiger partial charge on any atom is -0.354 e. The largest absolute Gasteiger partial charge is 0.354 e. The normalized spacial score (nSPS) is 10.1. The molecule has 0 saturated carbocycles. The zero-order valence-electron chi connectivity index (χ0n) is 10.4. The second-order valence-electron chi connectivity index (χ2n) is 3.94. The molecule has 94 valence electrons. The lowest BCUT2D eigenvalue weighted by Crippen LogP contribution is -2.30. The zero-order chi connectivity index (χ0) is 13.6. The van der Waals surface area contributed by atoms with Gasteiger partial charge in [-0.05, 0) is 20.8 Å². The lowest BCUT2D eigenvalue weighted by Gasteiger charge is -2.17. The third-order valence-electron chi connectivity index (χ3n) is 1.84. The van der Waals surface area contributed by atoms with Crippen molar-refractivity contribution in [1.29, 1.82) is 10.5 Å². The average Bonchev–Trinajstić information content (AvgIpc) is 2.29. The summed E-state index contributed by atoms with van der Waals surface area (Å²) in [6.07, 6.45) is 1.73. The maximum atomic E-state index is 8.93. The smallest absolute Gasteiger partial charge is 0.242 e. The van der Waals surface area contributed by atoms with Gasteiger partial charge < -0.3 is 10.6 Å². The van der Waals surface area contributed by atoms with Crippen LogP contribution < -0.4 is 16.0 Å². The van der Waals surface area contributed by atoms with Crippen LogP contribution in [0.4, 0.5) is 17.8 Å². The van der Waals surface area contributed by atoms with Gasteiger partial charge in [0.05, 0.1) is 6.07 Å². The monoisotopic (exact) mass is 246 g/mol. The van der Waals surface area contributed by atoms with Crippen molar-refractivity contribution in [3.63, 3.8) is 0 Å². The summed E-state index contributed by atoms with van der Waals surface area (Å²) < 4.78 is 0. The molecule has 1 aromatic rings. The van der Waals surface area contributed by atoms with E-state index >= 15 is 0 Å². The third kappa shape index (κ3) is 3.76. The maximum Gasteiger partial charge on any atom is 0.242 e. The van der Waals surface area contributed by atoms with Gasteiger partial charge in [-0.25, -0.2) is 0 Å². The van der Waals surface area contributed by atoms with Crippen molar-refractivity contribution in [2.45, 2.75) is 26.3 Å². The number of hydrogen-bond acceptors (Lipinski definition) is 8. The molecule has 0 aliphatic rings. The first-order chi connectivity index (χ1) is 8.50. The highest BCUT2D eigenvalue weighted by Gasteiger charge is 2.18. The molecule has 0 bridgehead atoms. The van der Waals surface area contributed by atoms with Crippen molar-refractivity contribution in [3.05, 3.63) is 0 Å². The molecule has 0 unspecified atom stereocenters. The topological polar surface area (TPSA) is 122 Å². The predicted octanol–water partition coefficient (Wildman–Crippen LogP) is 0.910. The molecule has 0 aromatic carbocycles. The molecule has 1 rings (SSSR count). The highest BCUT2D eigenvalue weighted by atomic mass is 15.3. The fourth-order valence-electron chi connectivity index (χ4n) is 1.08. The van der Waals surface area contributed by atoms with Crippen molar-refractivity contribution >= 4 is 17.8 Å². The van der Waals surface area contributed by atoms with Crippen LogP contribution in [-0.2, 0) is 0 Å². The zero-order valence-corrected chi connectivity index (χ0v) is 10.4. The number of anilines is 3. The first kappa shape index (κ1) is 13.5. The first-order valence-corrected chi connectivity index (χ1v) is 5.35. The van der Waals surface area contributed by atoms with E-state index in [0.29, 0.717) is 12.5 Å². The summed E-state index contributed by atoms with van der Waals surface area (Å²) in [4.78, 5) is 12.1. The van der Waals surface area contributed by atoms with E-state index in [-0.39, 0.29) is 11.9 Å². The summed E-state index contributed by atoms with van der Waals surface area (Å²) in [5.74, 6) is 0.687. The van der Waals surface area contributed by atoms with Gasteiger partial charge in [-0.1, -0.05) is 0 Å². The molecule has 0 aliphatic carbocycles. The minimum absolute atomic E-state index is 0.125. The van der Waals surface area contributed by atoms with Crippen LogP contribution in [0.5, 0.6) is 0 Å². The number of aromatic nitrogens is 3. The molecule has 0 amide bonds. The number of nitriles is 2. The molecule has 0 radical (unpaired) electrons. The van der Waals surface area contributed by atoms with Gasteiger partial charge in [0, 0.05) is 6.54 Å². The Labute approximate surface area is 105 Å². The van der Waals surface area contributed by atoms with Gasteiger partial charge in [-0.3, -0.25) is 5.32 Å². The van der Waals surface area contributed by atoms with E-state index in [0.717, 1.165) is 0 Å². The molecule has 3 N–H and O–H groups in total. The Hall–Kier alpha value is -2.61. The van der Waals surface area contributed by atoms with E-state index in [1.165, 1.54) is 0 Å². The molecular formula is C10H14N8. The molecule has 18 heavy (non-hydrogen) atoms. The number of nitrogens with zero attached hydrogens (tertiary/aromatic N) is 5. The fraction of sp³-hybridized carbons (Fsp3) is 0.500. The summed E-state index contributed by atoms with van der Waals surface area (Å²) in [5.41, 5.74) is -0.811. The van der Waals surface area contributed by atoms with Crippen molar-refractivity contribution in [2.75, 3.05) is 22.5 Å². The van der Waals surface area contributed by atoms with Gasteiger partial charge in [-0.15, -0.1) is 0 Å². The van der Waals surface area contributed by atoms with E-state index in [9.17, 15) is 0 Å². The Morgan fingerprint density at radius 2 is 1.72 bits per heavy atom. The summed E-state index contributed by atoms with van der Waals surface area (Å²) in [7, 11) is 0. The molecule has 0 saturated heterocycles. The van der Waals surface area contributed by atoms with Crippen molar-refractivity contribution < 1.29 is 0 Å². The van der Waals surface area contributed by atoms with E-state index in [1.54, 1.807) is 20.0 Å². The van der Waals surface area contributed by atoms with Gasteiger partial charge in [-0.2, -0.15) is 25.5 Å². The Bertz CT molecular complexity index is 496. The SMILES string of the molecule is CCNc1nc(NC#N)nc(NC(C)(C)C#N)n1. The predicted molar refractivity (Wildman–Crippen MR) is 66.5 cm³/mol. The lowest BCUT2D eigenvalue weighted by atomic mass is 10.1. The molecule has 0 spiro atoms. The Morgan fingerprint density at radius 3 is 2.28 bits per heavy atom. The van der Waals surface area contributed by atoms with Crippen LogP contribution in [-0.4, -0.2) is 27.0 Å². The van der Waals surface area contributed by atoms with Gasteiger partial charge in [0.2, 0.25) is 17.8 Å². The summed E-state index contributed by atoms with van der Waals surface area (Å²) in [6, 6.07) is 2.08. The standard InChI is InChI=1S/C10H14N8/c1-4-13-7-15-8(14-6-12)17-9(16-7)18-10(2,3)5-11/h4H2,1-3H3,(H3,13,14,15,16,17,18). The van der Waals surface area contributed by atoms with Gasteiger partial charge in [0.15, 0.2) is 6.19 Å². The van der Waals surface area contributed by atoms with E-state index in [2.05, 4.69) is 37.0 Å². The molecule has 1 heterocycles. The summed E-state index contributed by atoms with van der Waals surface area (Å²) >= 11 is 0. The summed E-state index contributed by atoms with van der Waals surface area (Å²) in [5, 5.41) is 25.6. The highest BCUT2D eigenvalue weighted by molar-refractivity contribution is 5.45. The Balaban J connectivity index is 3.04. The van der Waals surface area contributed by atoms with Gasteiger partial charge >= 0.3 is 0 Å². The van der Waals surface area contributed by atoms with E-state index < -0.39 is 5.54 Å². The highest BCUT2D eigenvalue weighted by Crippen LogP contribution is 2.13. The molecule has 0 atom stereocenters. The molecule has 8 nitrogen and oxygen atoms in total. The van der Waals surface area contributed by atoms with Crippen LogP contribution in [0.1, 0.15) is 20.8 Å². The Kier molecular flexibility index (Phi) is 4.22. The molecule has 0 fully saturated rings. The third-order valence-corrected chi connectivity index (χ3v) is 1.84. The second kappa shape index (κ2) is 5.64. The van der Waals surface area contributed by atoms with Crippen LogP contribution in [0.25, 0.3) is 0 Å². The van der Waals surface area contributed by atoms with E-state index in [1.807, 2.05) is 6.92 Å². The first-order valence-electron chi connectivity index (χ1n) is 5.35. The van der Waals surface area contributed by atoms with Crippen LogP contribution in [0.15, 0.2) is 0 Å². The van der Waals surface area contributed by atoms with Gasteiger partial charge in [0.25, 0.3) is 0 Å². The fourth-order valence-corrected chi connectivity index (χ4v) is 1.08. The quantitative estimate of drug-likeness (QED) is 0.517. The van der Waals surface area contributed by atoms with Crippen LogP contribution in [0, 0.1) is 22.8 Å². The molecule has 8 heteroatoms. The number of rotatable bonds is 5. The minimum atomic E-state index is -0.811. The number of hydrogen-bond donors (Lipinski definition) is 3. The van der Waals surface area contributed by atoms with Crippen molar-refractivity contribution in [1.82, 2.24) is 15.0 Å². The lowest BCUT2D eigenvalue weighted by molar-refractivity contribution is 0.716. The second-order valence-corrected chi connectivity index (χ2v) is 3.94. The van der Waals surface area contributed by atoms with Crippen molar-refractivity contribution in [3.8, 4) is 12.3 Å². The number of nitrogens with one attached hydrogen (secondary N) is 3. The Morgan fingerprint density at radius 1 is 1.11 bits per heavy atom. The van der Waals surface area contributed by atoms with Crippen LogP contribution in [0.2, 0.25) is 0 Å². The van der Waals surface area contributed by atoms with Crippen LogP contribution in [0.3, 0.4) is 0 Å². The van der Waals surface area contributed by atoms with E-state index in [4.69, 9.17) is 10.5 Å². The molecule has 0 aliphatic heterocycles. The molecule has 1 aromatic heterocycles. The van der Waals surface area contributed by atoms with Gasteiger partial charge in [0.1, 0.15) is 5.54 Å². The maximum absolute atomic E-state index is 8.93. The van der Waals surface area contributed by atoms with Crippen molar-refractivity contribution in [2.24, 2.45) is 0 Å². The molecular weight excluding hydrogens is 232 g/mol.